The first-order valence-corrected chi connectivity index (χ1v) is 5.88. The van der Waals surface area contributed by atoms with Gasteiger partial charge in [0.25, 0.3) is 5.91 Å². The summed E-state index contributed by atoms with van der Waals surface area (Å²) in [6, 6.07) is 4.52. The molecule has 1 saturated heterocycles. The number of likely N-dealkylation sites (tertiary alicyclic amines) is 1. The number of esters is 1. The molecule has 1 heterocycles. The van der Waals surface area contributed by atoms with Crippen LogP contribution in [0.5, 0.6) is 0 Å². The van der Waals surface area contributed by atoms with E-state index in [1.165, 1.54) is 17.0 Å². The number of nitrogen functional groups attached to an aromatic ring is 1. The van der Waals surface area contributed by atoms with E-state index in [1.54, 1.807) is 13.1 Å². The topological polar surface area (TPSA) is 72.6 Å². The lowest BCUT2D eigenvalue weighted by molar-refractivity contribution is -0.133. The first-order valence-electron chi connectivity index (χ1n) is 5.50. The molecule has 1 amide bonds. The maximum atomic E-state index is 11.9. The van der Waals surface area contributed by atoms with Crippen molar-refractivity contribution in [1.29, 1.82) is 0 Å². The van der Waals surface area contributed by atoms with Gasteiger partial charge in [-0.3, -0.25) is 4.79 Å². The number of carbonyl (C=O) groups is 2. The van der Waals surface area contributed by atoms with Crippen molar-refractivity contribution in [2.75, 3.05) is 19.3 Å². The zero-order valence-corrected chi connectivity index (χ0v) is 10.6. The number of anilines is 1. The molecule has 96 valence electrons. The van der Waals surface area contributed by atoms with Crippen LogP contribution in [-0.2, 0) is 9.53 Å². The summed E-state index contributed by atoms with van der Waals surface area (Å²) < 4.78 is 5.15. The first-order chi connectivity index (χ1) is 8.49. The molecule has 0 bridgehead atoms. The Balaban J connectivity index is 2.11. The molecule has 5 nitrogen and oxygen atoms in total. The third-order valence-electron chi connectivity index (χ3n) is 2.84. The van der Waals surface area contributed by atoms with E-state index >= 15 is 0 Å². The molecular weight excluding hydrogens is 256 g/mol. The fourth-order valence-corrected chi connectivity index (χ4v) is 2.06. The Morgan fingerprint density at radius 1 is 1.56 bits per heavy atom. The molecule has 2 rings (SSSR count). The number of amides is 1. The molecule has 1 aromatic rings. The predicted octanol–water partition coefficient (Wildman–Crippen LogP) is 1.31. The van der Waals surface area contributed by atoms with Gasteiger partial charge in [-0.2, -0.15) is 0 Å². The molecule has 0 saturated carbocycles. The number of nitrogens with two attached hydrogens (primary N) is 1. The van der Waals surface area contributed by atoms with Crippen molar-refractivity contribution in [3.63, 3.8) is 0 Å². The number of benzene rings is 1. The number of nitrogens with zero attached hydrogens (tertiary/aromatic N) is 1. The number of rotatable bonds is 2. The molecular formula is C12H13ClN2O3. The molecule has 1 unspecified atom stereocenters. The Labute approximate surface area is 109 Å². The highest BCUT2D eigenvalue weighted by atomic mass is 35.5. The lowest BCUT2D eigenvalue weighted by Gasteiger charge is -2.12. The maximum absolute atomic E-state index is 11.9. The summed E-state index contributed by atoms with van der Waals surface area (Å²) in [6.07, 6.45) is -0.204. The SMILES string of the molecule is CN1CCC(OC(=O)c2ccc(N)cc2Cl)C1=O. The van der Waals surface area contributed by atoms with Gasteiger partial charge in [0.05, 0.1) is 10.6 Å². The summed E-state index contributed by atoms with van der Waals surface area (Å²) in [4.78, 5) is 25.0. The number of halogens is 1. The van der Waals surface area contributed by atoms with Crippen LogP contribution in [0.4, 0.5) is 5.69 Å². The van der Waals surface area contributed by atoms with Crippen molar-refractivity contribution in [2.45, 2.75) is 12.5 Å². The van der Waals surface area contributed by atoms with Crippen molar-refractivity contribution >= 4 is 29.2 Å². The lowest BCUT2D eigenvalue weighted by atomic mass is 10.2. The molecule has 1 fully saturated rings. The van der Waals surface area contributed by atoms with Gasteiger partial charge in [0.1, 0.15) is 0 Å². The highest BCUT2D eigenvalue weighted by molar-refractivity contribution is 6.33. The van der Waals surface area contributed by atoms with Crippen LogP contribution in [0.15, 0.2) is 18.2 Å². The van der Waals surface area contributed by atoms with Gasteiger partial charge in [0.2, 0.25) is 0 Å². The molecule has 6 heteroatoms. The van der Waals surface area contributed by atoms with Gasteiger partial charge in [0.15, 0.2) is 6.10 Å². The van der Waals surface area contributed by atoms with E-state index in [0.29, 0.717) is 18.7 Å². The Morgan fingerprint density at radius 3 is 2.83 bits per heavy atom. The minimum absolute atomic E-state index is 0.185. The quantitative estimate of drug-likeness (QED) is 0.648. The van der Waals surface area contributed by atoms with Crippen LogP contribution in [0.25, 0.3) is 0 Å². The average molecular weight is 269 g/mol. The van der Waals surface area contributed by atoms with Crippen LogP contribution in [0.2, 0.25) is 5.02 Å². The zero-order valence-electron chi connectivity index (χ0n) is 9.85. The van der Waals surface area contributed by atoms with E-state index in [1.807, 2.05) is 0 Å². The van der Waals surface area contributed by atoms with E-state index in [4.69, 9.17) is 22.1 Å². The van der Waals surface area contributed by atoms with E-state index < -0.39 is 12.1 Å². The second-order valence-electron chi connectivity index (χ2n) is 4.18. The zero-order chi connectivity index (χ0) is 13.3. The van der Waals surface area contributed by atoms with Crippen molar-refractivity contribution in [3.8, 4) is 0 Å². The van der Waals surface area contributed by atoms with Crippen molar-refractivity contribution in [2.24, 2.45) is 0 Å². The summed E-state index contributed by atoms with van der Waals surface area (Å²) in [6.45, 7) is 0.590. The molecule has 0 aliphatic carbocycles. The molecule has 18 heavy (non-hydrogen) atoms. The molecule has 0 spiro atoms. The van der Waals surface area contributed by atoms with Crippen LogP contribution in [-0.4, -0.2) is 36.5 Å². The number of carbonyl (C=O) groups excluding carboxylic acids is 2. The van der Waals surface area contributed by atoms with Gasteiger partial charge in [0, 0.05) is 25.7 Å². The fourth-order valence-electron chi connectivity index (χ4n) is 1.79. The van der Waals surface area contributed by atoms with Gasteiger partial charge in [-0.15, -0.1) is 0 Å². The second kappa shape index (κ2) is 4.86. The lowest BCUT2D eigenvalue weighted by Crippen LogP contribution is -2.29. The van der Waals surface area contributed by atoms with Crippen LogP contribution in [0.1, 0.15) is 16.8 Å². The third-order valence-corrected chi connectivity index (χ3v) is 3.15. The Bertz CT molecular complexity index is 504. The molecule has 2 N–H and O–H groups in total. The summed E-state index contributed by atoms with van der Waals surface area (Å²) in [5.74, 6) is -0.788. The van der Waals surface area contributed by atoms with Crippen molar-refractivity contribution in [1.82, 2.24) is 4.90 Å². The predicted molar refractivity (Wildman–Crippen MR) is 67.3 cm³/mol. The monoisotopic (exact) mass is 268 g/mol. The van der Waals surface area contributed by atoms with E-state index in [2.05, 4.69) is 0 Å². The van der Waals surface area contributed by atoms with Gasteiger partial charge < -0.3 is 15.4 Å². The van der Waals surface area contributed by atoms with Gasteiger partial charge in [-0.05, 0) is 18.2 Å². The Hall–Kier alpha value is -1.75. The minimum atomic E-state index is -0.712. The summed E-state index contributed by atoms with van der Waals surface area (Å²) in [5, 5.41) is 0.221. The highest BCUT2D eigenvalue weighted by Crippen LogP contribution is 2.22. The van der Waals surface area contributed by atoms with Crippen LogP contribution in [0.3, 0.4) is 0 Å². The largest absolute Gasteiger partial charge is 0.449 e. The molecule has 1 aliphatic heterocycles. The van der Waals surface area contributed by atoms with Crippen molar-refractivity contribution < 1.29 is 14.3 Å². The number of hydrogen-bond donors (Lipinski definition) is 1. The average Bonchev–Trinajstić information content (AvgIpc) is 2.61. The van der Waals surface area contributed by atoms with E-state index in [9.17, 15) is 9.59 Å². The molecule has 1 aromatic carbocycles. The normalized spacial score (nSPS) is 19.1. The molecule has 1 aliphatic rings. The Kier molecular flexibility index (Phi) is 3.43. The third kappa shape index (κ3) is 2.41. The number of likely N-dealkylation sites (N-methyl/N-ethyl adjacent to an activating group) is 1. The summed E-state index contributed by atoms with van der Waals surface area (Å²) in [7, 11) is 1.67. The van der Waals surface area contributed by atoms with Crippen LogP contribution in [0, 0.1) is 0 Å². The van der Waals surface area contributed by atoms with Gasteiger partial charge >= 0.3 is 5.97 Å². The van der Waals surface area contributed by atoms with E-state index in [0.717, 1.165) is 0 Å². The van der Waals surface area contributed by atoms with Crippen molar-refractivity contribution in [3.05, 3.63) is 28.8 Å². The van der Waals surface area contributed by atoms with Crippen LogP contribution >= 0.6 is 11.6 Å². The highest BCUT2D eigenvalue weighted by Gasteiger charge is 2.32. The number of ether oxygens (including phenoxy) is 1. The van der Waals surface area contributed by atoms with Crippen LogP contribution < -0.4 is 5.73 Å². The first kappa shape index (κ1) is 12.7. The van der Waals surface area contributed by atoms with Gasteiger partial charge in [-0.1, -0.05) is 11.6 Å². The molecule has 1 atom stereocenters. The molecule has 0 radical (unpaired) electrons. The fraction of sp³-hybridized carbons (Fsp3) is 0.333. The maximum Gasteiger partial charge on any atom is 0.340 e. The van der Waals surface area contributed by atoms with Gasteiger partial charge in [-0.25, -0.2) is 4.79 Å². The summed E-state index contributed by atoms with van der Waals surface area (Å²) in [5.41, 5.74) is 6.22. The Morgan fingerprint density at radius 2 is 2.28 bits per heavy atom. The number of hydrogen-bond acceptors (Lipinski definition) is 4. The second-order valence-corrected chi connectivity index (χ2v) is 4.59. The standard InChI is InChI=1S/C12H13ClN2O3/c1-15-5-4-10(11(15)16)18-12(17)8-3-2-7(14)6-9(8)13/h2-3,6,10H,4-5,14H2,1H3. The minimum Gasteiger partial charge on any atom is -0.449 e. The summed E-state index contributed by atoms with van der Waals surface area (Å²) >= 11 is 5.90. The molecule has 0 aromatic heterocycles. The smallest absolute Gasteiger partial charge is 0.340 e. The van der Waals surface area contributed by atoms with E-state index in [-0.39, 0.29) is 16.5 Å².